The van der Waals surface area contributed by atoms with E-state index in [1.165, 1.54) is 27.1 Å². The molecule has 0 heterocycles. The Bertz CT molecular complexity index is 357. The number of ether oxygens (including phenoxy) is 2. The molecule has 1 unspecified atom stereocenters. The van der Waals surface area contributed by atoms with Crippen molar-refractivity contribution >= 4 is 8.25 Å². The molecule has 1 atom stereocenters. The standard InChI is InChI=1S/C9H11O5P.C4H10/c1-12-8-3-7(6-14-15(10)11)4-9(5-8)13-2;1-3-4-2/h3-5H,6H2,1-2H3;3-4H2,1-2H3/p+1. The van der Waals surface area contributed by atoms with Gasteiger partial charge >= 0.3 is 8.25 Å². The first-order valence-corrected chi connectivity index (χ1v) is 7.21. The summed E-state index contributed by atoms with van der Waals surface area (Å²) in [5, 5.41) is 0. The van der Waals surface area contributed by atoms with Gasteiger partial charge in [-0.2, -0.15) is 0 Å². The first-order valence-electron chi connectivity index (χ1n) is 6.08. The van der Waals surface area contributed by atoms with Crippen molar-refractivity contribution in [2.45, 2.75) is 33.3 Å². The first-order chi connectivity index (χ1) is 9.07. The van der Waals surface area contributed by atoms with Crippen LogP contribution in [0.25, 0.3) is 0 Å². The molecule has 0 bridgehead atoms. The molecule has 19 heavy (non-hydrogen) atoms. The van der Waals surface area contributed by atoms with Gasteiger partial charge in [0.1, 0.15) is 18.1 Å². The lowest BCUT2D eigenvalue weighted by molar-refractivity contribution is 0.271. The summed E-state index contributed by atoms with van der Waals surface area (Å²) in [6.07, 6.45) is 2.64. The van der Waals surface area contributed by atoms with E-state index in [0.29, 0.717) is 17.1 Å². The van der Waals surface area contributed by atoms with E-state index in [9.17, 15) is 4.57 Å². The number of benzene rings is 1. The van der Waals surface area contributed by atoms with Gasteiger partial charge in [-0.25, -0.2) is 0 Å². The van der Waals surface area contributed by atoms with Crippen molar-refractivity contribution in [3.63, 3.8) is 0 Å². The van der Waals surface area contributed by atoms with E-state index in [1.54, 1.807) is 18.2 Å². The monoisotopic (exact) mass is 289 g/mol. The van der Waals surface area contributed by atoms with E-state index in [1.807, 2.05) is 0 Å². The topological polar surface area (TPSA) is 65.0 Å². The Morgan fingerprint density at radius 3 is 1.84 bits per heavy atom. The molecule has 0 spiro atoms. The van der Waals surface area contributed by atoms with Crippen molar-refractivity contribution in [2.24, 2.45) is 0 Å². The Balaban J connectivity index is 0.000000711. The van der Waals surface area contributed by atoms with Crippen LogP contribution in [0.3, 0.4) is 0 Å². The second-order valence-electron chi connectivity index (χ2n) is 3.73. The van der Waals surface area contributed by atoms with Crippen LogP contribution in [-0.4, -0.2) is 19.1 Å². The SMILES string of the molecule is CCCC.COc1cc(CO[P+](=O)O)cc(OC)c1. The molecule has 5 nitrogen and oxygen atoms in total. The molecule has 0 aromatic heterocycles. The van der Waals surface area contributed by atoms with Crippen LogP contribution in [0, 0.1) is 0 Å². The van der Waals surface area contributed by atoms with E-state index in [-0.39, 0.29) is 6.61 Å². The molecular weight excluding hydrogens is 267 g/mol. The minimum absolute atomic E-state index is 0.0409. The number of hydrogen-bond acceptors (Lipinski definition) is 4. The van der Waals surface area contributed by atoms with Crippen molar-refractivity contribution < 1.29 is 23.5 Å². The van der Waals surface area contributed by atoms with Gasteiger partial charge in [0.15, 0.2) is 0 Å². The molecule has 6 heteroatoms. The maximum absolute atomic E-state index is 10.3. The zero-order chi connectivity index (χ0) is 14.7. The quantitative estimate of drug-likeness (QED) is 0.809. The molecule has 0 radical (unpaired) electrons. The van der Waals surface area contributed by atoms with Crippen LogP contribution >= 0.6 is 8.25 Å². The Hall–Kier alpha value is -1.16. The van der Waals surface area contributed by atoms with E-state index < -0.39 is 8.25 Å². The molecule has 0 aliphatic carbocycles. The Morgan fingerprint density at radius 2 is 1.53 bits per heavy atom. The van der Waals surface area contributed by atoms with Gasteiger partial charge in [-0.3, -0.25) is 0 Å². The Labute approximate surface area is 115 Å². The minimum atomic E-state index is -2.58. The van der Waals surface area contributed by atoms with E-state index >= 15 is 0 Å². The Kier molecular flexibility index (Phi) is 10.1. The summed E-state index contributed by atoms with van der Waals surface area (Å²) in [5.74, 6) is 1.22. The van der Waals surface area contributed by atoms with Crippen molar-refractivity contribution in [2.75, 3.05) is 14.2 Å². The lowest BCUT2D eigenvalue weighted by Gasteiger charge is -2.06. The molecular formula is C13H22O5P+. The molecule has 0 aliphatic rings. The second-order valence-corrected chi connectivity index (χ2v) is 4.47. The van der Waals surface area contributed by atoms with Crippen LogP contribution in [0.2, 0.25) is 0 Å². The molecule has 0 saturated carbocycles. The number of unbranched alkanes of at least 4 members (excludes halogenated alkanes) is 1. The van der Waals surface area contributed by atoms with Gasteiger partial charge in [0.2, 0.25) is 0 Å². The molecule has 0 fully saturated rings. The van der Waals surface area contributed by atoms with Gasteiger partial charge in [-0.15, -0.1) is 9.42 Å². The van der Waals surface area contributed by atoms with E-state index in [4.69, 9.17) is 14.4 Å². The third kappa shape index (κ3) is 8.54. The van der Waals surface area contributed by atoms with Crippen LogP contribution in [0.1, 0.15) is 32.3 Å². The summed E-state index contributed by atoms with van der Waals surface area (Å²) in [5.41, 5.74) is 0.712. The van der Waals surface area contributed by atoms with Gasteiger partial charge in [-0.05, 0) is 17.7 Å². The lowest BCUT2D eigenvalue weighted by Crippen LogP contribution is -1.92. The van der Waals surface area contributed by atoms with Crippen molar-refractivity contribution in [1.29, 1.82) is 0 Å². The minimum Gasteiger partial charge on any atom is -0.497 e. The molecule has 1 N–H and O–H groups in total. The van der Waals surface area contributed by atoms with Gasteiger partial charge in [0.25, 0.3) is 0 Å². The van der Waals surface area contributed by atoms with E-state index in [0.717, 1.165) is 0 Å². The second kappa shape index (κ2) is 10.7. The zero-order valence-electron chi connectivity index (χ0n) is 11.9. The van der Waals surface area contributed by atoms with E-state index in [2.05, 4.69) is 18.4 Å². The van der Waals surface area contributed by atoms with Crippen LogP contribution in [0.4, 0.5) is 0 Å². The van der Waals surface area contributed by atoms with Gasteiger partial charge < -0.3 is 9.47 Å². The van der Waals surface area contributed by atoms with Crippen molar-refractivity contribution in [1.82, 2.24) is 0 Å². The van der Waals surface area contributed by atoms with Crippen LogP contribution in [0.5, 0.6) is 11.5 Å². The molecule has 1 rings (SSSR count). The van der Waals surface area contributed by atoms with Gasteiger partial charge in [-0.1, -0.05) is 26.7 Å². The fraction of sp³-hybridized carbons (Fsp3) is 0.538. The van der Waals surface area contributed by atoms with Crippen LogP contribution in [0.15, 0.2) is 18.2 Å². The zero-order valence-corrected chi connectivity index (χ0v) is 12.8. The maximum Gasteiger partial charge on any atom is 0.695 e. The highest BCUT2D eigenvalue weighted by Gasteiger charge is 2.13. The summed E-state index contributed by atoms with van der Waals surface area (Å²) >= 11 is 0. The highest BCUT2D eigenvalue weighted by molar-refractivity contribution is 7.32. The van der Waals surface area contributed by atoms with Gasteiger partial charge in [0.05, 0.1) is 14.2 Å². The third-order valence-electron chi connectivity index (χ3n) is 2.25. The fourth-order valence-corrected chi connectivity index (χ4v) is 1.34. The third-order valence-corrected chi connectivity index (χ3v) is 2.60. The molecule has 108 valence electrons. The molecule has 0 aliphatic heterocycles. The summed E-state index contributed by atoms with van der Waals surface area (Å²) in [7, 11) is 0.484. The average Bonchev–Trinajstić information content (AvgIpc) is 2.44. The first kappa shape index (κ1) is 17.8. The molecule has 0 saturated heterocycles. The predicted octanol–water partition coefficient (Wildman–Crippen LogP) is 3.68. The number of hydrogen-bond donors (Lipinski definition) is 1. The number of rotatable bonds is 6. The molecule has 1 aromatic rings. The highest BCUT2D eigenvalue weighted by Crippen LogP contribution is 2.25. The van der Waals surface area contributed by atoms with Crippen molar-refractivity contribution in [3.8, 4) is 11.5 Å². The summed E-state index contributed by atoms with van der Waals surface area (Å²) in [6.45, 7) is 4.40. The lowest BCUT2D eigenvalue weighted by atomic mass is 10.2. The summed E-state index contributed by atoms with van der Waals surface area (Å²) in [4.78, 5) is 8.49. The normalized spacial score (nSPS) is 10.3. The van der Waals surface area contributed by atoms with Gasteiger partial charge in [0, 0.05) is 10.6 Å². The average molecular weight is 289 g/mol. The largest absolute Gasteiger partial charge is 0.695 e. The summed E-state index contributed by atoms with van der Waals surface area (Å²) < 4.78 is 25.0. The number of methoxy groups -OCH3 is 2. The molecule has 0 amide bonds. The van der Waals surface area contributed by atoms with Crippen molar-refractivity contribution in [3.05, 3.63) is 23.8 Å². The molecule has 1 aromatic carbocycles. The smallest absolute Gasteiger partial charge is 0.497 e. The highest BCUT2D eigenvalue weighted by atomic mass is 31.1. The predicted molar refractivity (Wildman–Crippen MR) is 74.7 cm³/mol. The fourth-order valence-electron chi connectivity index (χ4n) is 1.08. The maximum atomic E-state index is 10.3. The Morgan fingerprint density at radius 1 is 1.05 bits per heavy atom. The summed E-state index contributed by atoms with van der Waals surface area (Å²) in [6, 6.07) is 5.13. The van der Waals surface area contributed by atoms with Crippen LogP contribution in [-0.2, 0) is 15.7 Å². The van der Waals surface area contributed by atoms with Crippen LogP contribution < -0.4 is 9.47 Å².